The Morgan fingerprint density at radius 3 is 2.27 bits per heavy atom. The molecule has 0 aromatic heterocycles. The highest BCUT2D eigenvalue weighted by molar-refractivity contribution is 7.79. The fraction of sp³-hybridized carbons (Fsp3) is 0.143. The maximum Gasteiger partial charge on any atom is 0.186 e. The molecule has 1 aromatic rings. The van der Waals surface area contributed by atoms with Gasteiger partial charge in [-0.05, 0) is 17.7 Å². The molecule has 1 rings (SSSR count). The molecule has 0 saturated heterocycles. The van der Waals surface area contributed by atoms with Gasteiger partial charge >= 0.3 is 0 Å². The predicted octanol–water partition coefficient (Wildman–Crippen LogP) is 0.726. The van der Waals surface area contributed by atoms with Crippen molar-refractivity contribution in [2.75, 3.05) is 0 Å². The van der Waals surface area contributed by atoms with Crippen molar-refractivity contribution in [3.63, 3.8) is 0 Å². The van der Waals surface area contributed by atoms with Crippen molar-refractivity contribution in [3.05, 3.63) is 29.8 Å². The van der Waals surface area contributed by atoms with E-state index in [-0.39, 0.29) is 0 Å². The number of hydrogen-bond donors (Lipinski definition) is 2. The molecule has 11 heavy (non-hydrogen) atoms. The molecule has 0 aliphatic rings. The van der Waals surface area contributed by atoms with Gasteiger partial charge in [-0.2, -0.15) is 0 Å². The summed E-state index contributed by atoms with van der Waals surface area (Å²) in [6, 6.07) is 6.67. The van der Waals surface area contributed by atoms with Gasteiger partial charge in [-0.25, -0.2) is 4.21 Å². The van der Waals surface area contributed by atoms with Crippen LogP contribution >= 0.6 is 0 Å². The van der Waals surface area contributed by atoms with Crippen molar-refractivity contribution in [2.24, 2.45) is 5.73 Å². The van der Waals surface area contributed by atoms with E-state index in [0.29, 0.717) is 11.4 Å². The SMILES string of the molecule is NCc1ccc(S(=O)O)cc1. The molecular weight excluding hydrogens is 162 g/mol. The molecule has 1 aromatic carbocycles. The number of hydrogen-bond acceptors (Lipinski definition) is 2. The molecule has 3 nitrogen and oxygen atoms in total. The minimum Gasteiger partial charge on any atom is -0.326 e. The lowest BCUT2D eigenvalue weighted by molar-refractivity contribution is 0.564. The van der Waals surface area contributed by atoms with Gasteiger partial charge in [0.05, 0.1) is 4.90 Å². The summed E-state index contributed by atoms with van der Waals surface area (Å²) < 4.78 is 19.1. The zero-order chi connectivity index (χ0) is 8.27. The van der Waals surface area contributed by atoms with Crippen LogP contribution in [0.15, 0.2) is 29.2 Å². The minimum absolute atomic E-state index is 0.405. The molecule has 0 spiro atoms. The van der Waals surface area contributed by atoms with E-state index in [4.69, 9.17) is 10.3 Å². The van der Waals surface area contributed by atoms with E-state index in [1.54, 1.807) is 24.3 Å². The second kappa shape index (κ2) is 3.61. The van der Waals surface area contributed by atoms with Crippen molar-refractivity contribution in [1.29, 1.82) is 0 Å². The summed E-state index contributed by atoms with van der Waals surface area (Å²) in [6.07, 6.45) is 0. The zero-order valence-electron chi connectivity index (χ0n) is 5.86. The predicted molar refractivity (Wildman–Crippen MR) is 43.4 cm³/mol. The summed E-state index contributed by atoms with van der Waals surface area (Å²) in [5, 5.41) is 0. The minimum atomic E-state index is -1.88. The van der Waals surface area contributed by atoms with Crippen LogP contribution < -0.4 is 5.73 Å². The summed E-state index contributed by atoms with van der Waals surface area (Å²) in [5.74, 6) is 0. The smallest absolute Gasteiger partial charge is 0.186 e. The molecule has 0 aliphatic carbocycles. The maximum atomic E-state index is 10.5. The van der Waals surface area contributed by atoms with Gasteiger partial charge < -0.3 is 10.3 Å². The molecule has 0 bridgehead atoms. The molecule has 4 heteroatoms. The van der Waals surface area contributed by atoms with Gasteiger partial charge in [-0.3, -0.25) is 0 Å². The van der Waals surface area contributed by atoms with Crippen molar-refractivity contribution in [3.8, 4) is 0 Å². The second-order valence-corrected chi connectivity index (χ2v) is 3.07. The monoisotopic (exact) mass is 171 g/mol. The van der Waals surface area contributed by atoms with Gasteiger partial charge in [0, 0.05) is 6.54 Å². The summed E-state index contributed by atoms with van der Waals surface area (Å²) in [7, 11) is 0. The highest BCUT2D eigenvalue weighted by Crippen LogP contribution is 2.06. The number of nitrogens with two attached hydrogens (primary N) is 1. The quantitative estimate of drug-likeness (QED) is 0.645. The molecule has 1 atom stereocenters. The molecule has 0 radical (unpaired) electrons. The van der Waals surface area contributed by atoms with Crippen LogP contribution in [0.4, 0.5) is 0 Å². The molecule has 3 N–H and O–H groups in total. The normalized spacial score (nSPS) is 12.9. The van der Waals surface area contributed by atoms with Crippen molar-refractivity contribution >= 4 is 11.1 Å². The van der Waals surface area contributed by atoms with E-state index >= 15 is 0 Å². The van der Waals surface area contributed by atoms with E-state index in [9.17, 15) is 4.21 Å². The summed E-state index contributed by atoms with van der Waals surface area (Å²) in [5.41, 5.74) is 6.30. The molecule has 0 aliphatic heterocycles. The van der Waals surface area contributed by atoms with Crippen LogP contribution in [0.2, 0.25) is 0 Å². The van der Waals surface area contributed by atoms with E-state index in [1.807, 2.05) is 0 Å². The molecule has 0 saturated carbocycles. The first-order valence-corrected chi connectivity index (χ1v) is 4.24. The number of rotatable bonds is 2. The second-order valence-electron chi connectivity index (χ2n) is 2.10. The third-order valence-electron chi connectivity index (χ3n) is 1.36. The van der Waals surface area contributed by atoms with Crippen molar-refractivity contribution in [2.45, 2.75) is 11.4 Å². The van der Waals surface area contributed by atoms with E-state index in [1.165, 1.54) is 0 Å². The molecular formula is C7H9NO2S. The molecule has 0 heterocycles. The van der Waals surface area contributed by atoms with Crippen molar-refractivity contribution < 1.29 is 8.76 Å². The fourth-order valence-corrected chi connectivity index (χ4v) is 1.11. The van der Waals surface area contributed by atoms with Gasteiger partial charge in [-0.15, -0.1) is 0 Å². The lowest BCUT2D eigenvalue weighted by atomic mass is 10.2. The van der Waals surface area contributed by atoms with Crippen LogP contribution in [0.5, 0.6) is 0 Å². The summed E-state index contributed by atoms with van der Waals surface area (Å²) >= 11 is -1.88. The number of benzene rings is 1. The molecule has 0 fully saturated rings. The van der Waals surface area contributed by atoms with E-state index in [0.717, 1.165) is 5.56 Å². The van der Waals surface area contributed by atoms with E-state index < -0.39 is 11.1 Å². The lowest BCUT2D eigenvalue weighted by Crippen LogP contribution is -1.96. The standard InChI is InChI=1S/C7H9NO2S/c8-5-6-1-3-7(4-2-6)11(9)10/h1-4H,5,8H2,(H,9,10). The Kier molecular flexibility index (Phi) is 2.76. The maximum absolute atomic E-state index is 10.5. The highest BCUT2D eigenvalue weighted by Gasteiger charge is 1.97. The summed E-state index contributed by atoms with van der Waals surface area (Å²) in [6.45, 7) is 0.457. The first-order chi connectivity index (χ1) is 5.24. The Morgan fingerprint density at radius 2 is 1.91 bits per heavy atom. The van der Waals surface area contributed by atoms with E-state index in [2.05, 4.69) is 0 Å². The van der Waals surface area contributed by atoms with Crippen LogP contribution in [0.25, 0.3) is 0 Å². The highest BCUT2D eigenvalue weighted by atomic mass is 32.2. The van der Waals surface area contributed by atoms with Crippen molar-refractivity contribution in [1.82, 2.24) is 0 Å². The fourth-order valence-electron chi connectivity index (χ4n) is 0.742. The molecule has 0 amide bonds. The Hall–Kier alpha value is -0.710. The van der Waals surface area contributed by atoms with Crippen LogP contribution in [-0.4, -0.2) is 8.76 Å². The molecule has 60 valence electrons. The van der Waals surface area contributed by atoms with Gasteiger partial charge in [-0.1, -0.05) is 12.1 Å². The first kappa shape index (κ1) is 8.39. The van der Waals surface area contributed by atoms with Gasteiger partial charge in [0.1, 0.15) is 0 Å². The van der Waals surface area contributed by atoms with Crippen LogP contribution in [0.1, 0.15) is 5.56 Å². The topological polar surface area (TPSA) is 63.3 Å². The van der Waals surface area contributed by atoms with Crippen LogP contribution in [0, 0.1) is 0 Å². The largest absolute Gasteiger partial charge is 0.326 e. The Balaban J connectivity index is 2.91. The van der Waals surface area contributed by atoms with Gasteiger partial charge in [0.2, 0.25) is 0 Å². The average Bonchev–Trinajstić information content (AvgIpc) is 2.05. The third-order valence-corrected chi connectivity index (χ3v) is 2.04. The lowest BCUT2D eigenvalue weighted by Gasteiger charge is -1.96. The molecule has 1 unspecified atom stereocenters. The summed E-state index contributed by atoms with van der Waals surface area (Å²) in [4.78, 5) is 0.405. The van der Waals surface area contributed by atoms with Crippen LogP contribution in [-0.2, 0) is 17.6 Å². The Morgan fingerprint density at radius 1 is 1.36 bits per heavy atom. The average molecular weight is 171 g/mol. The Bertz CT molecular complexity index is 258. The van der Waals surface area contributed by atoms with Crippen LogP contribution in [0.3, 0.4) is 0 Å². The first-order valence-electron chi connectivity index (χ1n) is 3.14. The zero-order valence-corrected chi connectivity index (χ0v) is 6.67. The third kappa shape index (κ3) is 2.11. The van der Waals surface area contributed by atoms with Gasteiger partial charge in [0.15, 0.2) is 11.1 Å². The Labute approximate surface area is 67.5 Å². The van der Waals surface area contributed by atoms with Gasteiger partial charge in [0.25, 0.3) is 0 Å².